The van der Waals surface area contributed by atoms with Crippen LogP contribution in [0.15, 0.2) is 54.7 Å². The van der Waals surface area contributed by atoms with Crippen molar-refractivity contribution in [2.24, 2.45) is 0 Å². The molecule has 0 aliphatic carbocycles. The molecule has 0 aliphatic rings. The Bertz CT molecular complexity index is 851. The molecular formula is C20H22ClN5. The van der Waals surface area contributed by atoms with E-state index in [0.29, 0.717) is 5.95 Å². The van der Waals surface area contributed by atoms with E-state index in [-0.39, 0.29) is 0 Å². The van der Waals surface area contributed by atoms with Gasteiger partial charge in [-0.15, -0.1) is 5.10 Å². The van der Waals surface area contributed by atoms with Gasteiger partial charge in [-0.05, 0) is 55.7 Å². The minimum absolute atomic E-state index is 0.530. The van der Waals surface area contributed by atoms with Gasteiger partial charge in [0.25, 0.3) is 0 Å². The maximum atomic E-state index is 5.91. The second-order valence-electron chi connectivity index (χ2n) is 6.02. The van der Waals surface area contributed by atoms with Crippen LogP contribution in [-0.2, 0) is 6.42 Å². The molecule has 0 saturated heterocycles. The summed E-state index contributed by atoms with van der Waals surface area (Å²) in [5.41, 5.74) is 3.52. The molecular weight excluding hydrogens is 346 g/mol. The Morgan fingerprint density at radius 2 is 1.92 bits per heavy atom. The topological polar surface area (TPSA) is 53.9 Å². The molecule has 1 heterocycles. The third kappa shape index (κ3) is 4.70. The Kier molecular flexibility index (Phi) is 6.02. The summed E-state index contributed by atoms with van der Waals surface area (Å²) in [5, 5.41) is 12.2. The van der Waals surface area contributed by atoms with Gasteiger partial charge in [0.15, 0.2) is 5.82 Å². The Morgan fingerprint density at radius 1 is 1.12 bits per heavy atom. The van der Waals surface area contributed by atoms with E-state index in [1.165, 1.54) is 11.1 Å². The Hall–Kier alpha value is -2.66. The van der Waals surface area contributed by atoms with E-state index < -0.39 is 0 Å². The first kappa shape index (κ1) is 18.1. The van der Waals surface area contributed by atoms with Crippen LogP contribution in [0.2, 0.25) is 5.02 Å². The van der Waals surface area contributed by atoms with Crippen molar-refractivity contribution >= 4 is 29.1 Å². The van der Waals surface area contributed by atoms with Gasteiger partial charge in [-0.2, -0.15) is 10.1 Å². The molecule has 0 atom stereocenters. The number of rotatable bonds is 7. The average Bonchev–Trinajstić information content (AvgIpc) is 2.65. The number of hydrogen-bond donors (Lipinski definition) is 1. The van der Waals surface area contributed by atoms with E-state index in [0.717, 1.165) is 36.0 Å². The minimum atomic E-state index is 0.530. The zero-order valence-electron chi connectivity index (χ0n) is 15.0. The molecule has 26 heavy (non-hydrogen) atoms. The summed E-state index contributed by atoms with van der Waals surface area (Å²) in [4.78, 5) is 6.73. The zero-order chi connectivity index (χ0) is 18.4. The van der Waals surface area contributed by atoms with Crippen LogP contribution in [0.1, 0.15) is 18.1 Å². The van der Waals surface area contributed by atoms with Crippen molar-refractivity contribution in [3.63, 3.8) is 0 Å². The molecule has 3 rings (SSSR count). The van der Waals surface area contributed by atoms with Gasteiger partial charge in [-0.1, -0.05) is 35.9 Å². The summed E-state index contributed by atoms with van der Waals surface area (Å²) in [6, 6.07) is 16.2. The lowest BCUT2D eigenvalue weighted by atomic mass is 10.1. The first-order chi connectivity index (χ1) is 12.7. The van der Waals surface area contributed by atoms with Crippen molar-refractivity contribution in [2.45, 2.75) is 20.3 Å². The number of aryl methyl sites for hydroxylation is 1. The second kappa shape index (κ2) is 8.63. The van der Waals surface area contributed by atoms with Crippen molar-refractivity contribution < 1.29 is 0 Å². The molecule has 134 valence electrons. The number of aromatic nitrogens is 3. The first-order valence-corrected chi connectivity index (χ1v) is 9.06. The predicted molar refractivity (Wildman–Crippen MR) is 107 cm³/mol. The van der Waals surface area contributed by atoms with Gasteiger partial charge in [0.2, 0.25) is 5.95 Å². The van der Waals surface area contributed by atoms with Gasteiger partial charge in [0.05, 0.1) is 6.20 Å². The van der Waals surface area contributed by atoms with Crippen LogP contribution in [0.5, 0.6) is 0 Å². The van der Waals surface area contributed by atoms with E-state index in [9.17, 15) is 0 Å². The van der Waals surface area contributed by atoms with Crippen LogP contribution in [0.3, 0.4) is 0 Å². The van der Waals surface area contributed by atoms with Crippen LogP contribution in [-0.4, -0.2) is 28.3 Å². The first-order valence-electron chi connectivity index (χ1n) is 8.68. The molecule has 2 aromatic carbocycles. The van der Waals surface area contributed by atoms with Crippen LogP contribution in [0.4, 0.5) is 17.5 Å². The fourth-order valence-corrected chi connectivity index (χ4v) is 2.87. The van der Waals surface area contributed by atoms with Crippen molar-refractivity contribution in [3.8, 4) is 0 Å². The summed E-state index contributed by atoms with van der Waals surface area (Å²) in [5.74, 6) is 1.31. The smallest absolute Gasteiger partial charge is 0.244 e. The van der Waals surface area contributed by atoms with Crippen LogP contribution >= 0.6 is 11.6 Å². The van der Waals surface area contributed by atoms with Gasteiger partial charge in [0.1, 0.15) is 0 Å². The van der Waals surface area contributed by atoms with Crippen molar-refractivity contribution in [3.05, 3.63) is 70.9 Å². The van der Waals surface area contributed by atoms with Crippen LogP contribution in [0.25, 0.3) is 0 Å². The summed E-state index contributed by atoms with van der Waals surface area (Å²) < 4.78 is 0. The van der Waals surface area contributed by atoms with Crippen LogP contribution in [0, 0.1) is 6.92 Å². The van der Waals surface area contributed by atoms with Gasteiger partial charge in [-0.3, -0.25) is 0 Å². The molecule has 1 aromatic heterocycles. The van der Waals surface area contributed by atoms with Crippen molar-refractivity contribution in [1.29, 1.82) is 0 Å². The van der Waals surface area contributed by atoms with Gasteiger partial charge in [0, 0.05) is 23.8 Å². The quantitative estimate of drug-likeness (QED) is 0.659. The molecule has 0 bridgehead atoms. The molecule has 0 saturated carbocycles. The molecule has 0 unspecified atom stereocenters. The molecule has 0 aliphatic heterocycles. The molecule has 0 fully saturated rings. The molecule has 5 nitrogen and oxygen atoms in total. The van der Waals surface area contributed by atoms with Gasteiger partial charge < -0.3 is 10.2 Å². The summed E-state index contributed by atoms with van der Waals surface area (Å²) in [7, 11) is 0. The van der Waals surface area contributed by atoms with Crippen LogP contribution < -0.4 is 10.2 Å². The maximum absolute atomic E-state index is 5.91. The highest BCUT2D eigenvalue weighted by atomic mass is 35.5. The lowest BCUT2D eigenvalue weighted by Gasteiger charge is -2.22. The van der Waals surface area contributed by atoms with Crippen molar-refractivity contribution in [2.75, 3.05) is 23.3 Å². The molecule has 0 amide bonds. The zero-order valence-corrected chi connectivity index (χ0v) is 15.7. The lowest BCUT2D eigenvalue weighted by Crippen LogP contribution is -2.19. The predicted octanol–water partition coefficient (Wildman–Crippen LogP) is 4.65. The van der Waals surface area contributed by atoms with Crippen molar-refractivity contribution in [1.82, 2.24) is 15.2 Å². The molecule has 3 aromatic rings. The monoisotopic (exact) mass is 367 g/mol. The maximum Gasteiger partial charge on any atom is 0.244 e. The number of nitrogens with one attached hydrogen (secondary N) is 1. The van der Waals surface area contributed by atoms with E-state index in [1.54, 1.807) is 6.20 Å². The van der Waals surface area contributed by atoms with E-state index in [2.05, 4.69) is 57.4 Å². The fraction of sp³-hybridized carbons (Fsp3) is 0.250. The average molecular weight is 368 g/mol. The number of hydrogen-bond acceptors (Lipinski definition) is 5. The Labute approximate surface area is 159 Å². The highest BCUT2D eigenvalue weighted by Gasteiger charge is 2.10. The number of halogens is 1. The highest BCUT2D eigenvalue weighted by Crippen LogP contribution is 2.23. The standard InChI is InChI=1S/C20H22ClN5/c1-3-26(18-6-4-5-15(2)13-18)19-14-23-25-20(24-19)22-12-11-16-7-9-17(21)10-8-16/h4-10,13-14H,3,11-12H2,1-2H3,(H,22,24,25). The molecule has 1 N–H and O–H groups in total. The number of anilines is 3. The summed E-state index contributed by atoms with van der Waals surface area (Å²) >= 11 is 5.91. The summed E-state index contributed by atoms with van der Waals surface area (Å²) in [6.07, 6.45) is 2.55. The molecule has 0 radical (unpaired) electrons. The Balaban J connectivity index is 1.67. The minimum Gasteiger partial charge on any atom is -0.353 e. The number of nitrogens with zero attached hydrogens (tertiary/aromatic N) is 4. The Morgan fingerprint density at radius 3 is 2.65 bits per heavy atom. The fourth-order valence-electron chi connectivity index (χ4n) is 2.74. The largest absolute Gasteiger partial charge is 0.353 e. The molecule has 6 heteroatoms. The second-order valence-corrected chi connectivity index (χ2v) is 6.46. The SMILES string of the molecule is CCN(c1cccc(C)c1)c1cnnc(NCCc2ccc(Cl)cc2)n1. The van der Waals surface area contributed by atoms with E-state index in [1.807, 2.05) is 30.3 Å². The third-order valence-electron chi connectivity index (χ3n) is 4.06. The van der Waals surface area contributed by atoms with E-state index in [4.69, 9.17) is 11.6 Å². The van der Waals surface area contributed by atoms with E-state index >= 15 is 0 Å². The van der Waals surface area contributed by atoms with Gasteiger partial charge >= 0.3 is 0 Å². The third-order valence-corrected chi connectivity index (χ3v) is 4.31. The summed E-state index contributed by atoms with van der Waals surface area (Å²) in [6.45, 7) is 5.70. The van der Waals surface area contributed by atoms with Gasteiger partial charge in [-0.25, -0.2) is 0 Å². The normalized spacial score (nSPS) is 10.6. The molecule has 0 spiro atoms. The highest BCUT2D eigenvalue weighted by molar-refractivity contribution is 6.30. The lowest BCUT2D eigenvalue weighted by molar-refractivity contribution is 0.896. The number of benzene rings is 2.